The molecule has 0 heterocycles. The van der Waals surface area contributed by atoms with E-state index >= 15 is 0 Å². The second-order valence-electron chi connectivity index (χ2n) is 3.81. The van der Waals surface area contributed by atoms with E-state index < -0.39 is 9.84 Å². The van der Waals surface area contributed by atoms with E-state index in [2.05, 4.69) is 23.4 Å². The lowest BCUT2D eigenvalue weighted by Crippen LogP contribution is -2.01. The Morgan fingerprint density at radius 1 is 0.684 bits per heavy atom. The van der Waals surface area contributed by atoms with Crippen molar-refractivity contribution in [2.24, 2.45) is 9.98 Å². The lowest BCUT2D eigenvalue weighted by Gasteiger charge is -2.05. The molecule has 5 heteroatoms. The summed E-state index contributed by atoms with van der Waals surface area (Å²) >= 11 is 0. The molecule has 0 saturated carbocycles. The van der Waals surface area contributed by atoms with E-state index in [1.54, 1.807) is 24.3 Å². The average Bonchev–Trinajstić information content (AvgIpc) is 2.47. The van der Waals surface area contributed by atoms with Crippen LogP contribution in [0, 0.1) is 0 Å². The lowest BCUT2D eigenvalue weighted by molar-refractivity contribution is 0.596. The summed E-state index contributed by atoms with van der Waals surface area (Å²) in [5, 5.41) is 0. The molecule has 4 nitrogen and oxygen atoms in total. The first kappa shape index (κ1) is 13.2. The van der Waals surface area contributed by atoms with Gasteiger partial charge in [0.05, 0.1) is 21.2 Å². The third kappa shape index (κ3) is 2.61. The summed E-state index contributed by atoms with van der Waals surface area (Å²) in [6, 6.07) is 12.5. The molecule has 0 unspecified atom stereocenters. The minimum atomic E-state index is -3.51. The highest BCUT2D eigenvalue weighted by Crippen LogP contribution is 2.24. The van der Waals surface area contributed by atoms with E-state index in [9.17, 15) is 8.42 Å². The van der Waals surface area contributed by atoms with Gasteiger partial charge in [-0.15, -0.1) is 0 Å². The van der Waals surface area contributed by atoms with Crippen LogP contribution >= 0.6 is 0 Å². The third-order valence-electron chi connectivity index (χ3n) is 2.66. The molecule has 2 aromatic rings. The zero-order valence-corrected chi connectivity index (χ0v) is 11.0. The number of sulfone groups is 1. The van der Waals surface area contributed by atoms with Crippen molar-refractivity contribution in [2.75, 3.05) is 0 Å². The van der Waals surface area contributed by atoms with Crippen molar-refractivity contribution in [1.82, 2.24) is 0 Å². The molecule has 96 valence electrons. The summed E-state index contributed by atoms with van der Waals surface area (Å²) in [6.07, 6.45) is 0. The van der Waals surface area contributed by atoms with Crippen molar-refractivity contribution < 1.29 is 8.42 Å². The van der Waals surface area contributed by atoms with Crippen LogP contribution in [0.1, 0.15) is 0 Å². The van der Waals surface area contributed by atoms with E-state index in [1.807, 2.05) is 0 Å². The molecule has 0 radical (unpaired) electrons. The molecule has 0 aliphatic carbocycles. The number of hydrogen-bond donors (Lipinski definition) is 0. The van der Waals surface area contributed by atoms with Crippen LogP contribution in [0.25, 0.3) is 0 Å². The summed E-state index contributed by atoms with van der Waals surface area (Å²) in [7, 11) is -3.51. The largest absolute Gasteiger partial charge is 0.265 e. The van der Waals surface area contributed by atoms with Gasteiger partial charge in [0.1, 0.15) is 0 Å². The van der Waals surface area contributed by atoms with Crippen LogP contribution in [0.4, 0.5) is 11.4 Å². The molecule has 0 amide bonds. The number of nitrogens with zero attached hydrogens (tertiary/aromatic N) is 2. The smallest absolute Gasteiger partial charge is 0.206 e. The van der Waals surface area contributed by atoms with E-state index in [-0.39, 0.29) is 9.79 Å². The van der Waals surface area contributed by atoms with Crippen LogP contribution in [0.2, 0.25) is 0 Å². The van der Waals surface area contributed by atoms with Gasteiger partial charge in [0.25, 0.3) is 0 Å². The van der Waals surface area contributed by atoms with E-state index in [0.29, 0.717) is 11.4 Å². The SMILES string of the molecule is C=Nc1ccc(S(=O)(=O)c2ccc(N=C)cc2)cc1. The maximum Gasteiger partial charge on any atom is 0.206 e. The summed E-state index contributed by atoms with van der Waals surface area (Å²) in [4.78, 5) is 7.89. The van der Waals surface area contributed by atoms with Crippen LogP contribution in [-0.2, 0) is 9.84 Å². The predicted octanol–water partition coefficient (Wildman–Crippen LogP) is 3.18. The van der Waals surface area contributed by atoms with E-state index in [0.717, 1.165) is 0 Å². The minimum absolute atomic E-state index is 0.221. The van der Waals surface area contributed by atoms with Gasteiger partial charge in [0, 0.05) is 0 Å². The Kier molecular flexibility index (Phi) is 3.57. The molecule has 19 heavy (non-hydrogen) atoms. The fourth-order valence-corrected chi connectivity index (χ4v) is 2.86. The molecule has 0 saturated heterocycles. The van der Waals surface area contributed by atoms with Crippen molar-refractivity contribution in [3.63, 3.8) is 0 Å². The van der Waals surface area contributed by atoms with Crippen LogP contribution in [0.3, 0.4) is 0 Å². The zero-order chi connectivity index (χ0) is 13.9. The quantitative estimate of drug-likeness (QED) is 0.802. The molecule has 0 atom stereocenters. The number of rotatable bonds is 4. The van der Waals surface area contributed by atoms with Gasteiger partial charge < -0.3 is 0 Å². The molecule has 0 aliphatic rings. The Morgan fingerprint density at radius 2 is 1.00 bits per heavy atom. The monoisotopic (exact) mass is 272 g/mol. The maximum atomic E-state index is 12.3. The minimum Gasteiger partial charge on any atom is -0.265 e. The fourth-order valence-electron chi connectivity index (χ4n) is 1.60. The van der Waals surface area contributed by atoms with Crippen molar-refractivity contribution >= 4 is 34.6 Å². The van der Waals surface area contributed by atoms with Crippen molar-refractivity contribution in [2.45, 2.75) is 9.79 Å². The molecular weight excluding hydrogens is 260 g/mol. The molecule has 0 aliphatic heterocycles. The number of hydrogen-bond acceptors (Lipinski definition) is 4. The van der Waals surface area contributed by atoms with Gasteiger partial charge in [0.15, 0.2) is 0 Å². The molecule has 0 aromatic heterocycles. The molecule has 2 aromatic carbocycles. The first-order valence-corrected chi connectivity index (χ1v) is 6.95. The summed E-state index contributed by atoms with van der Waals surface area (Å²) in [5.74, 6) is 0. The molecule has 0 spiro atoms. The standard InChI is InChI=1S/C14H12N2O2S/c1-15-11-3-7-13(8-4-11)19(17,18)14-9-5-12(16-2)6-10-14/h3-10H,1-2H2. The lowest BCUT2D eigenvalue weighted by atomic mass is 10.3. The summed E-state index contributed by atoms with van der Waals surface area (Å²) < 4.78 is 24.7. The van der Waals surface area contributed by atoms with Crippen LogP contribution in [-0.4, -0.2) is 21.9 Å². The Bertz CT molecular complexity index is 645. The maximum absolute atomic E-state index is 12.3. The molecule has 0 N–H and O–H groups in total. The average molecular weight is 272 g/mol. The fraction of sp³-hybridized carbons (Fsp3) is 0. The van der Waals surface area contributed by atoms with Gasteiger partial charge in [-0.3, -0.25) is 9.98 Å². The normalized spacial score (nSPS) is 10.9. The molecular formula is C14H12N2O2S. The summed E-state index contributed by atoms with van der Waals surface area (Å²) in [6.45, 7) is 6.77. The zero-order valence-electron chi connectivity index (χ0n) is 10.2. The number of benzene rings is 2. The molecule has 0 fully saturated rings. The van der Waals surface area contributed by atoms with Crippen molar-refractivity contribution in [3.8, 4) is 0 Å². The Hall–Kier alpha value is -2.27. The molecule has 2 rings (SSSR count). The molecule has 0 bridgehead atoms. The predicted molar refractivity (Wildman–Crippen MR) is 76.8 cm³/mol. The first-order valence-electron chi connectivity index (χ1n) is 5.46. The van der Waals surface area contributed by atoms with E-state index in [4.69, 9.17) is 0 Å². The van der Waals surface area contributed by atoms with E-state index in [1.165, 1.54) is 24.3 Å². The Balaban J connectivity index is 2.44. The highest BCUT2D eigenvalue weighted by Gasteiger charge is 2.17. The highest BCUT2D eigenvalue weighted by molar-refractivity contribution is 7.91. The van der Waals surface area contributed by atoms with Crippen molar-refractivity contribution in [3.05, 3.63) is 48.5 Å². The second-order valence-corrected chi connectivity index (χ2v) is 5.76. The van der Waals surface area contributed by atoms with Gasteiger partial charge in [-0.05, 0) is 62.0 Å². The topological polar surface area (TPSA) is 58.9 Å². The van der Waals surface area contributed by atoms with Gasteiger partial charge in [-0.25, -0.2) is 8.42 Å². The van der Waals surface area contributed by atoms with Gasteiger partial charge >= 0.3 is 0 Å². The van der Waals surface area contributed by atoms with Crippen LogP contribution in [0.5, 0.6) is 0 Å². The Labute approximate surface area is 112 Å². The second kappa shape index (κ2) is 5.16. The summed E-state index contributed by atoms with van der Waals surface area (Å²) in [5.41, 5.74) is 1.26. The van der Waals surface area contributed by atoms with Crippen molar-refractivity contribution in [1.29, 1.82) is 0 Å². The van der Waals surface area contributed by atoms with Crippen LogP contribution < -0.4 is 0 Å². The first-order chi connectivity index (χ1) is 9.07. The number of aliphatic imine (C=N–C) groups is 2. The van der Waals surface area contributed by atoms with Gasteiger partial charge in [-0.2, -0.15) is 0 Å². The van der Waals surface area contributed by atoms with Gasteiger partial charge in [-0.1, -0.05) is 0 Å². The third-order valence-corrected chi connectivity index (χ3v) is 4.44. The van der Waals surface area contributed by atoms with Crippen LogP contribution in [0.15, 0.2) is 68.3 Å². The van der Waals surface area contributed by atoms with Gasteiger partial charge in [0.2, 0.25) is 9.84 Å². The highest BCUT2D eigenvalue weighted by atomic mass is 32.2. The Morgan fingerprint density at radius 3 is 1.26 bits per heavy atom.